The number of halogens is 1. The highest BCUT2D eigenvalue weighted by Crippen LogP contribution is 2.34. The summed E-state index contributed by atoms with van der Waals surface area (Å²) in [6.07, 6.45) is 0.686. The van der Waals surface area contributed by atoms with E-state index in [1.165, 1.54) is 0 Å². The molecule has 0 unspecified atom stereocenters. The number of urea groups is 1. The van der Waals surface area contributed by atoms with Gasteiger partial charge in [0.05, 0.1) is 0 Å². The summed E-state index contributed by atoms with van der Waals surface area (Å²) in [4.78, 5) is 14.2. The van der Waals surface area contributed by atoms with Crippen molar-refractivity contribution in [3.05, 3.63) is 125 Å². The highest BCUT2D eigenvalue weighted by molar-refractivity contribution is 6.30. The second-order valence-corrected chi connectivity index (χ2v) is 9.77. The maximum atomic E-state index is 12.6. The first kappa shape index (κ1) is 25.2. The SMILES string of the molecule is CN(Cc1ccc(Cc2c(-c3ccc(O)cc3)ccc3cc(O)ccc23)cc1)C(=O)Nc1ccc(Cl)cc1. The van der Waals surface area contributed by atoms with Gasteiger partial charge in [0, 0.05) is 24.3 Å². The minimum atomic E-state index is -0.200. The highest BCUT2D eigenvalue weighted by atomic mass is 35.5. The van der Waals surface area contributed by atoms with Crippen LogP contribution in [-0.4, -0.2) is 28.2 Å². The molecule has 0 fully saturated rings. The molecule has 190 valence electrons. The number of amides is 2. The Hall–Kier alpha value is -4.48. The molecule has 0 bridgehead atoms. The van der Waals surface area contributed by atoms with Crippen molar-refractivity contribution in [2.75, 3.05) is 12.4 Å². The van der Waals surface area contributed by atoms with Gasteiger partial charge in [-0.15, -0.1) is 0 Å². The van der Waals surface area contributed by atoms with E-state index in [2.05, 4.69) is 23.5 Å². The van der Waals surface area contributed by atoms with Gasteiger partial charge in [-0.2, -0.15) is 0 Å². The van der Waals surface area contributed by atoms with E-state index < -0.39 is 0 Å². The average molecular weight is 523 g/mol. The minimum Gasteiger partial charge on any atom is -0.508 e. The largest absolute Gasteiger partial charge is 0.508 e. The van der Waals surface area contributed by atoms with E-state index >= 15 is 0 Å². The average Bonchev–Trinajstić information content (AvgIpc) is 2.91. The number of phenolic OH excluding ortho intramolecular Hbond substituents is 2. The molecule has 6 heteroatoms. The number of fused-ring (bicyclic) bond motifs is 1. The first-order valence-corrected chi connectivity index (χ1v) is 12.6. The van der Waals surface area contributed by atoms with E-state index in [0.717, 1.165) is 38.6 Å². The number of phenols is 2. The molecule has 5 aromatic carbocycles. The number of carbonyl (C=O) groups excluding carboxylic acids is 1. The zero-order valence-electron chi connectivity index (χ0n) is 20.9. The molecule has 0 saturated carbocycles. The van der Waals surface area contributed by atoms with E-state index in [9.17, 15) is 15.0 Å². The van der Waals surface area contributed by atoms with Crippen LogP contribution in [0.3, 0.4) is 0 Å². The van der Waals surface area contributed by atoms with Crippen LogP contribution in [0.1, 0.15) is 16.7 Å². The fourth-order valence-electron chi connectivity index (χ4n) is 4.55. The zero-order valence-corrected chi connectivity index (χ0v) is 21.6. The summed E-state index contributed by atoms with van der Waals surface area (Å²) >= 11 is 5.92. The lowest BCUT2D eigenvalue weighted by Crippen LogP contribution is -2.30. The highest BCUT2D eigenvalue weighted by Gasteiger charge is 2.13. The Balaban J connectivity index is 1.36. The fourth-order valence-corrected chi connectivity index (χ4v) is 4.67. The molecule has 38 heavy (non-hydrogen) atoms. The lowest BCUT2D eigenvalue weighted by atomic mass is 9.90. The molecule has 0 aliphatic heterocycles. The number of anilines is 1. The number of rotatable bonds is 6. The summed E-state index contributed by atoms with van der Waals surface area (Å²) in [5.74, 6) is 0.456. The van der Waals surface area contributed by atoms with Crippen molar-refractivity contribution < 1.29 is 15.0 Å². The van der Waals surface area contributed by atoms with Crippen molar-refractivity contribution in [3.8, 4) is 22.6 Å². The van der Waals surface area contributed by atoms with Crippen molar-refractivity contribution in [1.82, 2.24) is 4.90 Å². The Labute approximate surface area is 226 Å². The lowest BCUT2D eigenvalue weighted by molar-refractivity contribution is 0.220. The second kappa shape index (κ2) is 10.9. The van der Waals surface area contributed by atoms with Gasteiger partial charge >= 0.3 is 6.03 Å². The lowest BCUT2D eigenvalue weighted by Gasteiger charge is -2.19. The molecule has 0 atom stereocenters. The Morgan fingerprint density at radius 2 is 1.45 bits per heavy atom. The summed E-state index contributed by atoms with van der Waals surface area (Å²) in [5.41, 5.74) is 6.06. The van der Waals surface area contributed by atoms with Crippen molar-refractivity contribution >= 4 is 34.1 Å². The molecule has 0 saturated heterocycles. The molecule has 5 aromatic rings. The normalized spacial score (nSPS) is 10.9. The number of benzene rings is 5. The van der Waals surface area contributed by atoms with Crippen LogP contribution in [0.5, 0.6) is 11.5 Å². The van der Waals surface area contributed by atoms with E-state index in [4.69, 9.17) is 11.6 Å². The third kappa shape index (κ3) is 5.74. The van der Waals surface area contributed by atoms with Crippen molar-refractivity contribution in [2.45, 2.75) is 13.0 Å². The number of hydrogen-bond acceptors (Lipinski definition) is 3. The third-order valence-corrected chi connectivity index (χ3v) is 6.81. The molecular formula is C32H27ClN2O3. The summed E-state index contributed by atoms with van der Waals surface area (Å²) < 4.78 is 0. The molecule has 0 heterocycles. The van der Waals surface area contributed by atoms with Gasteiger partial charge in [-0.3, -0.25) is 0 Å². The van der Waals surface area contributed by atoms with E-state index in [-0.39, 0.29) is 17.5 Å². The minimum absolute atomic E-state index is 0.200. The summed E-state index contributed by atoms with van der Waals surface area (Å²) in [5, 5.41) is 25.3. The van der Waals surface area contributed by atoms with Gasteiger partial charge in [0.15, 0.2) is 0 Å². The predicted octanol–water partition coefficient (Wildman–Crippen LogP) is 7.83. The van der Waals surface area contributed by atoms with Gasteiger partial charge < -0.3 is 20.4 Å². The topological polar surface area (TPSA) is 72.8 Å². The van der Waals surface area contributed by atoms with Crippen LogP contribution in [0.4, 0.5) is 10.5 Å². The van der Waals surface area contributed by atoms with Crippen molar-refractivity contribution in [1.29, 1.82) is 0 Å². The molecule has 0 radical (unpaired) electrons. The smallest absolute Gasteiger partial charge is 0.321 e. The number of carbonyl (C=O) groups is 1. The van der Waals surface area contributed by atoms with E-state index in [0.29, 0.717) is 23.7 Å². The molecule has 3 N–H and O–H groups in total. The quantitative estimate of drug-likeness (QED) is 0.213. The number of nitrogens with one attached hydrogen (secondary N) is 1. The third-order valence-electron chi connectivity index (χ3n) is 6.56. The fraction of sp³-hybridized carbons (Fsp3) is 0.0938. The van der Waals surface area contributed by atoms with Crippen LogP contribution in [0.25, 0.3) is 21.9 Å². The molecule has 0 aliphatic rings. The van der Waals surface area contributed by atoms with Gasteiger partial charge in [0.25, 0.3) is 0 Å². The Morgan fingerprint density at radius 1 is 0.789 bits per heavy atom. The zero-order chi connectivity index (χ0) is 26.6. The standard InChI is InChI=1S/C32H27ClN2O3/c1-35(32(38)34-26-11-9-25(33)10-12-26)20-22-4-2-21(3-5-22)18-31-29(23-6-13-27(36)14-7-23)16-8-24-19-28(37)15-17-30(24)31/h2-17,19,36-37H,18,20H2,1H3,(H,34,38). The molecule has 5 rings (SSSR count). The van der Waals surface area contributed by atoms with Gasteiger partial charge in [-0.1, -0.05) is 66.2 Å². The van der Waals surface area contributed by atoms with E-state index in [1.807, 2.05) is 36.4 Å². The number of aromatic hydroxyl groups is 2. The van der Waals surface area contributed by atoms with Crippen LogP contribution < -0.4 is 5.32 Å². The maximum Gasteiger partial charge on any atom is 0.321 e. The maximum absolute atomic E-state index is 12.6. The van der Waals surface area contributed by atoms with Crippen molar-refractivity contribution in [3.63, 3.8) is 0 Å². The Kier molecular flexibility index (Phi) is 7.20. The molecule has 0 aromatic heterocycles. The van der Waals surface area contributed by atoms with Crippen LogP contribution in [0.15, 0.2) is 103 Å². The van der Waals surface area contributed by atoms with Gasteiger partial charge in [-0.25, -0.2) is 4.79 Å². The second-order valence-electron chi connectivity index (χ2n) is 9.33. The molecule has 0 spiro atoms. The van der Waals surface area contributed by atoms with Crippen molar-refractivity contribution in [2.24, 2.45) is 0 Å². The molecule has 5 nitrogen and oxygen atoms in total. The first-order valence-electron chi connectivity index (χ1n) is 12.3. The molecule has 0 aliphatic carbocycles. The van der Waals surface area contributed by atoms with Crippen LogP contribution in [0.2, 0.25) is 5.02 Å². The molecule has 2 amide bonds. The van der Waals surface area contributed by atoms with Crippen LogP contribution in [0, 0.1) is 0 Å². The number of nitrogens with zero attached hydrogens (tertiary/aromatic N) is 1. The summed E-state index contributed by atoms with van der Waals surface area (Å²) in [6.45, 7) is 0.464. The molecular weight excluding hydrogens is 496 g/mol. The van der Waals surface area contributed by atoms with E-state index in [1.54, 1.807) is 60.5 Å². The first-order chi connectivity index (χ1) is 18.4. The van der Waals surface area contributed by atoms with Gasteiger partial charge in [0.1, 0.15) is 11.5 Å². The van der Waals surface area contributed by atoms with Crippen LogP contribution >= 0.6 is 11.6 Å². The number of hydrogen-bond donors (Lipinski definition) is 3. The summed E-state index contributed by atoms with van der Waals surface area (Å²) in [7, 11) is 1.76. The van der Waals surface area contributed by atoms with Crippen LogP contribution in [-0.2, 0) is 13.0 Å². The Bertz CT molecular complexity index is 1580. The monoisotopic (exact) mass is 522 g/mol. The van der Waals surface area contributed by atoms with Gasteiger partial charge in [-0.05, 0) is 93.5 Å². The van der Waals surface area contributed by atoms with Gasteiger partial charge in [0.2, 0.25) is 0 Å². The Morgan fingerprint density at radius 3 is 2.16 bits per heavy atom. The predicted molar refractivity (Wildman–Crippen MR) is 154 cm³/mol. The summed E-state index contributed by atoms with van der Waals surface area (Å²) in [6, 6.07) is 31.8.